The first-order chi connectivity index (χ1) is 14.5. The average Bonchev–Trinajstić information content (AvgIpc) is 3.16. The lowest BCUT2D eigenvalue weighted by molar-refractivity contribution is -0.113. The number of aromatic nitrogens is 3. The summed E-state index contributed by atoms with van der Waals surface area (Å²) in [5.41, 5.74) is 2.66. The van der Waals surface area contributed by atoms with Crippen molar-refractivity contribution in [3.05, 3.63) is 47.0 Å². The van der Waals surface area contributed by atoms with Gasteiger partial charge in [0.15, 0.2) is 11.0 Å². The molecule has 0 saturated heterocycles. The highest BCUT2D eigenvalue weighted by Crippen LogP contribution is 2.36. The Morgan fingerprint density at radius 1 is 1.13 bits per heavy atom. The molecular weight excluding hydrogens is 424 g/mol. The minimum absolute atomic E-state index is 0.167. The molecule has 7 nitrogen and oxygen atoms in total. The lowest BCUT2D eigenvalue weighted by atomic mass is 10.1. The number of ether oxygens (including phenoxy) is 2. The first-order valence-electron chi connectivity index (χ1n) is 9.31. The van der Waals surface area contributed by atoms with Crippen molar-refractivity contribution in [3.63, 3.8) is 0 Å². The van der Waals surface area contributed by atoms with Gasteiger partial charge >= 0.3 is 0 Å². The molecule has 3 rings (SSSR count). The maximum Gasteiger partial charge on any atom is 0.234 e. The number of methoxy groups -OCH3 is 2. The summed E-state index contributed by atoms with van der Waals surface area (Å²) in [4.78, 5) is 12.5. The van der Waals surface area contributed by atoms with Crippen molar-refractivity contribution in [1.82, 2.24) is 14.8 Å². The first kappa shape index (κ1) is 22.0. The Kier molecular flexibility index (Phi) is 7.23. The number of amides is 1. The molecule has 9 heteroatoms. The number of halogens is 1. The Labute approximate surface area is 184 Å². The molecule has 0 aliphatic carbocycles. The van der Waals surface area contributed by atoms with E-state index in [1.807, 2.05) is 42.7 Å². The smallest absolute Gasteiger partial charge is 0.234 e. The maximum atomic E-state index is 12.5. The molecule has 1 heterocycles. The van der Waals surface area contributed by atoms with Crippen LogP contribution in [-0.4, -0.2) is 40.6 Å². The fourth-order valence-corrected chi connectivity index (χ4v) is 3.90. The second-order valence-corrected chi connectivity index (χ2v) is 7.79. The number of thioether (sulfide) groups is 1. The van der Waals surface area contributed by atoms with Crippen molar-refractivity contribution in [2.75, 3.05) is 25.3 Å². The molecular formula is C21H23ClN4O3S. The van der Waals surface area contributed by atoms with E-state index in [1.54, 1.807) is 12.1 Å². The van der Waals surface area contributed by atoms with Gasteiger partial charge in [-0.2, -0.15) is 0 Å². The van der Waals surface area contributed by atoms with Crippen LogP contribution in [0.1, 0.15) is 12.5 Å². The van der Waals surface area contributed by atoms with Crippen molar-refractivity contribution in [1.29, 1.82) is 0 Å². The number of benzene rings is 2. The van der Waals surface area contributed by atoms with E-state index in [4.69, 9.17) is 21.1 Å². The van der Waals surface area contributed by atoms with Crippen molar-refractivity contribution < 1.29 is 14.3 Å². The number of carbonyl (C=O) groups is 1. The van der Waals surface area contributed by atoms with Crippen LogP contribution in [-0.2, 0) is 11.3 Å². The molecule has 1 aromatic heterocycles. The number of nitrogens with one attached hydrogen (secondary N) is 1. The quantitative estimate of drug-likeness (QED) is 0.506. The monoisotopic (exact) mass is 446 g/mol. The van der Waals surface area contributed by atoms with Gasteiger partial charge in [-0.15, -0.1) is 10.2 Å². The normalized spacial score (nSPS) is 10.7. The van der Waals surface area contributed by atoms with Crippen LogP contribution in [0.3, 0.4) is 0 Å². The topological polar surface area (TPSA) is 78.3 Å². The summed E-state index contributed by atoms with van der Waals surface area (Å²) in [6.45, 7) is 4.76. The minimum Gasteiger partial charge on any atom is -0.495 e. The summed E-state index contributed by atoms with van der Waals surface area (Å²) >= 11 is 7.44. The Balaban J connectivity index is 1.72. The van der Waals surface area contributed by atoms with Gasteiger partial charge in [-0.3, -0.25) is 4.79 Å². The second-order valence-electron chi connectivity index (χ2n) is 6.44. The van der Waals surface area contributed by atoms with Crippen molar-refractivity contribution in [2.24, 2.45) is 0 Å². The number of nitrogens with zero attached hydrogens (tertiary/aromatic N) is 3. The van der Waals surface area contributed by atoms with E-state index in [0.717, 1.165) is 11.4 Å². The van der Waals surface area contributed by atoms with Gasteiger partial charge in [0.1, 0.15) is 11.5 Å². The predicted octanol–water partition coefficient (Wildman–Crippen LogP) is 4.67. The molecule has 0 spiro atoms. The molecule has 158 valence electrons. The van der Waals surface area contributed by atoms with Crippen LogP contribution in [0.15, 0.2) is 41.6 Å². The fraction of sp³-hybridized carbons (Fsp3) is 0.286. The zero-order chi connectivity index (χ0) is 21.7. The average molecular weight is 447 g/mol. The Morgan fingerprint density at radius 2 is 1.83 bits per heavy atom. The molecule has 0 saturated carbocycles. The van der Waals surface area contributed by atoms with E-state index in [2.05, 4.69) is 15.5 Å². The lowest BCUT2D eigenvalue weighted by Crippen LogP contribution is -2.15. The summed E-state index contributed by atoms with van der Waals surface area (Å²) in [5, 5.41) is 12.5. The summed E-state index contributed by atoms with van der Waals surface area (Å²) in [5.74, 6) is 1.65. The molecule has 30 heavy (non-hydrogen) atoms. The van der Waals surface area contributed by atoms with Gasteiger partial charge in [-0.25, -0.2) is 0 Å². The zero-order valence-corrected chi connectivity index (χ0v) is 18.8. The molecule has 0 fully saturated rings. The molecule has 2 aromatic carbocycles. The number of hydrogen-bond acceptors (Lipinski definition) is 6. The van der Waals surface area contributed by atoms with E-state index in [1.165, 1.54) is 31.5 Å². The highest BCUT2D eigenvalue weighted by atomic mass is 35.5. The van der Waals surface area contributed by atoms with Gasteiger partial charge < -0.3 is 19.4 Å². The molecule has 1 N–H and O–H groups in total. The molecule has 0 radical (unpaired) electrons. The van der Waals surface area contributed by atoms with Gasteiger partial charge in [0.05, 0.1) is 30.7 Å². The third-order valence-electron chi connectivity index (χ3n) is 4.42. The Hall–Kier alpha value is -2.71. The number of carbonyl (C=O) groups excluding carboxylic acids is 1. The van der Waals surface area contributed by atoms with Crippen LogP contribution in [0, 0.1) is 6.92 Å². The van der Waals surface area contributed by atoms with Gasteiger partial charge in [0.2, 0.25) is 5.91 Å². The first-order valence-corrected chi connectivity index (χ1v) is 10.7. The maximum absolute atomic E-state index is 12.5. The van der Waals surface area contributed by atoms with E-state index >= 15 is 0 Å². The molecule has 1 amide bonds. The zero-order valence-electron chi connectivity index (χ0n) is 17.2. The second kappa shape index (κ2) is 9.86. The third kappa shape index (κ3) is 4.88. The van der Waals surface area contributed by atoms with Crippen molar-refractivity contribution >= 4 is 35.0 Å². The summed E-state index contributed by atoms with van der Waals surface area (Å²) in [7, 11) is 3.03. The fourth-order valence-electron chi connectivity index (χ4n) is 2.87. The molecule has 3 aromatic rings. The molecule has 0 aliphatic rings. The van der Waals surface area contributed by atoms with Crippen LogP contribution in [0.2, 0.25) is 5.02 Å². The Morgan fingerprint density at radius 3 is 2.47 bits per heavy atom. The van der Waals surface area contributed by atoms with Crippen LogP contribution in [0.25, 0.3) is 11.4 Å². The van der Waals surface area contributed by atoms with E-state index in [-0.39, 0.29) is 11.7 Å². The van der Waals surface area contributed by atoms with Gasteiger partial charge in [-0.05, 0) is 13.8 Å². The van der Waals surface area contributed by atoms with E-state index in [9.17, 15) is 4.79 Å². The molecule has 0 atom stereocenters. The number of aryl methyl sites for hydroxylation is 1. The third-order valence-corrected chi connectivity index (χ3v) is 5.69. The minimum atomic E-state index is -0.204. The largest absolute Gasteiger partial charge is 0.495 e. The number of hydrogen-bond donors (Lipinski definition) is 1. The molecule has 0 aliphatic heterocycles. The number of anilines is 1. The summed E-state index contributed by atoms with van der Waals surface area (Å²) < 4.78 is 12.5. The summed E-state index contributed by atoms with van der Waals surface area (Å²) in [6, 6.07) is 11.4. The van der Waals surface area contributed by atoms with Crippen LogP contribution in [0.4, 0.5) is 5.69 Å². The van der Waals surface area contributed by atoms with Crippen LogP contribution in [0.5, 0.6) is 11.5 Å². The SMILES string of the molecule is CCn1c(SCC(=O)Nc2cc(OC)c(Cl)cc2OC)nnc1-c1ccc(C)cc1. The summed E-state index contributed by atoms with van der Waals surface area (Å²) in [6.07, 6.45) is 0. The number of rotatable bonds is 8. The Bertz CT molecular complexity index is 1040. The van der Waals surface area contributed by atoms with Crippen LogP contribution < -0.4 is 14.8 Å². The highest BCUT2D eigenvalue weighted by Gasteiger charge is 2.16. The highest BCUT2D eigenvalue weighted by molar-refractivity contribution is 7.99. The van der Waals surface area contributed by atoms with E-state index < -0.39 is 0 Å². The molecule has 0 unspecified atom stereocenters. The van der Waals surface area contributed by atoms with E-state index in [0.29, 0.717) is 33.9 Å². The van der Waals surface area contributed by atoms with Gasteiger partial charge in [-0.1, -0.05) is 53.2 Å². The lowest BCUT2D eigenvalue weighted by Gasteiger charge is -2.13. The van der Waals surface area contributed by atoms with Gasteiger partial charge in [0.25, 0.3) is 0 Å². The van der Waals surface area contributed by atoms with Crippen molar-refractivity contribution in [3.8, 4) is 22.9 Å². The molecule has 0 bridgehead atoms. The van der Waals surface area contributed by atoms with Crippen LogP contribution >= 0.6 is 23.4 Å². The standard InChI is InChI=1S/C21H23ClN4O3S/c1-5-26-20(14-8-6-13(2)7-9-14)24-25-21(26)30-12-19(27)23-16-11-17(28-3)15(22)10-18(16)29-4/h6-11H,5,12H2,1-4H3,(H,23,27). The predicted molar refractivity (Wildman–Crippen MR) is 120 cm³/mol. The van der Waals surface area contributed by atoms with Crippen molar-refractivity contribution in [2.45, 2.75) is 25.5 Å². The van der Waals surface area contributed by atoms with Gasteiger partial charge in [0, 0.05) is 24.2 Å².